The lowest BCUT2D eigenvalue weighted by molar-refractivity contribution is -0.0178. The second-order valence-electron chi connectivity index (χ2n) is 8.09. The number of rotatable bonds is 6. The van der Waals surface area contributed by atoms with Gasteiger partial charge in [0.2, 0.25) is 5.95 Å². The molecule has 1 aliphatic heterocycles. The third kappa shape index (κ3) is 4.62. The van der Waals surface area contributed by atoms with E-state index in [1.165, 1.54) is 0 Å². The highest BCUT2D eigenvalue weighted by atomic mass is 32.5. The molecule has 1 aromatic heterocycles. The van der Waals surface area contributed by atoms with E-state index in [0.29, 0.717) is 11.4 Å². The van der Waals surface area contributed by atoms with Gasteiger partial charge in [-0.25, -0.2) is 0 Å². The second kappa shape index (κ2) is 8.66. The van der Waals surface area contributed by atoms with Gasteiger partial charge in [0.25, 0.3) is 5.56 Å². The van der Waals surface area contributed by atoms with E-state index in [4.69, 9.17) is 15.0 Å². The molecule has 0 radical (unpaired) electrons. The van der Waals surface area contributed by atoms with Crippen molar-refractivity contribution in [3.05, 3.63) is 28.1 Å². The van der Waals surface area contributed by atoms with E-state index in [1.54, 1.807) is 11.9 Å². The molecule has 3 rings (SSSR count). The average Bonchev–Trinajstić information content (AvgIpc) is 3.03. The fraction of sp³-hybridized carbons (Fsp3) is 0.667. The number of aliphatic hydroxyl groups excluding tert-OH is 1. The molecule has 1 saturated heterocycles. The molecule has 168 valence electrons. The maximum Gasteiger partial charge on any atom is 0.322 e. The highest BCUT2D eigenvalue weighted by Crippen LogP contribution is 2.45. The Balaban J connectivity index is 1.98. The molecule has 0 aromatic carbocycles. The third-order valence-corrected chi connectivity index (χ3v) is 6.86. The minimum Gasteiger partial charge on any atom is -0.394 e. The van der Waals surface area contributed by atoms with Crippen molar-refractivity contribution in [3.63, 3.8) is 0 Å². The summed E-state index contributed by atoms with van der Waals surface area (Å²) in [6.45, 7) is 1.86. The van der Waals surface area contributed by atoms with Crippen LogP contribution in [-0.2, 0) is 26.5 Å². The van der Waals surface area contributed by atoms with Crippen molar-refractivity contribution in [2.45, 2.75) is 62.9 Å². The second-order valence-corrected chi connectivity index (χ2v) is 10.7. The van der Waals surface area contributed by atoms with Gasteiger partial charge in [-0.3, -0.25) is 9.78 Å². The molecule has 4 atom stereocenters. The molecule has 4 unspecified atom stereocenters. The van der Waals surface area contributed by atoms with Gasteiger partial charge >= 0.3 is 6.72 Å². The van der Waals surface area contributed by atoms with Crippen LogP contribution in [0.15, 0.2) is 16.9 Å². The molecule has 2 aliphatic rings. The molecule has 2 fully saturated rings. The molecule has 2 heterocycles. The number of nitrogens with one attached hydrogen (secondary N) is 1. The number of nitrogen functional groups attached to an aromatic ring is 1. The van der Waals surface area contributed by atoms with Crippen molar-refractivity contribution in [2.24, 2.45) is 0 Å². The summed E-state index contributed by atoms with van der Waals surface area (Å²) < 4.78 is 11.0. The number of hydrogen-bond donors (Lipinski definition) is 5. The van der Waals surface area contributed by atoms with Crippen molar-refractivity contribution in [1.82, 2.24) is 9.97 Å². The highest BCUT2D eigenvalue weighted by Gasteiger charge is 2.43. The van der Waals surface area contributed by atoms with E-state index in [0.717, 1.165) is 31.3 Å². The summed E-state index contributed by atoms with van der Waals surface area (Å²) in [5, 5.41) is 9.62. The molecule has 1 aromatic rings. The maximum absolute atomic E-state index is 13.0. The van der Waals surface area contributed by atoms with Crippen LogP contribution in [0.5, 0.6) is 0 Å². The molecule has 12 heteroatoms. The molecule has 0 spiro atoms. The zero-order valence-corrected chi connectivity index (χ0v) is 18.8. The zero-order chi connectivity index (χ0) is 22.3. The first kappa shape index (κ1) is 23.3. The van der Waals surface area contributed by atoms with Crippen molar-refractivity contribution >= 4 is 30.3 Å². The van der Waals surface area contributed by atoms with Gasteiger partial charge in [0, 0.05) is 18.9 Å². The Morgan fingerprint density at radius 3 is 2.80 bits per heavy atom. The molecule has 30 heavy (non-hydrogen) atoms. The predicted octanol–water partition coefficient (Wildman–Crippen LogP) is 0.878. The van der Waals surface area contributed by atoms with Crippen LogP contribution in [0.4, 0.5) is 11.8 Å². The largest absolute Gasteiger partial charge is 0.394 e. The topological polar surface area (TPSA) is 154 Å². The Hall–Kier alpha value is -1.33. The fourth-order valence-corrected chi connectivity index (χ4v) is 5.24. The monoisotopic (exact) mass is 460 g/mol. The Kier molecular flexibility index (Phi) is 6.74. The van der Waals surface area contributed by atoms with Gasteiger partial charge in [-0.15, -0.1) is 0 Å². The quantitative estimate of drug-likeness (QED) is 0.305. The Bertz CT molecular complexity index is 920. The summed E-state index contributed by atoms with van der Waals surface area (Å²) in [7, 11) is 1.70. The Morgan fingerprint density at radius 1 is 1.50 bits per heavy atom. The van der Waals surface area contributed by atoms with Crippen LogP contribution in [0.1, 0.15) is 44.6 Å². The lowest BCUT2D eigenvalue weighted by Crippen LogP contribution is -2.41. The van der Waals surface area contributed by atoms with Gasteiger partial charge < -0.3 is 34.8 Å². The van der Waals surface area contributed by atoms with E-state index in [2.05, 4.69) is 28.4 Å². The Labute approximate surface area is 180 Å². The van der Waals surface area contributed by atoms with Gasteiger partial charge in [0.05, 0.1) is 18.3 Å². The molecule has 1 saturated carbocycles. The maximum atomic E-state index is 13.0. The summed E-state index contributed by atoms with van der Waals surface area (Å²) in [5.74, 6) is 0.331. The van der Waals surface area contributed by atoms with Crippen molar-refractivity contribution in [1.29, 1.82) is 0 Å². The van der Waals surface area contributed by atoms with E-state index < -0.39 is 37.2 Å². The number of nitrogens with two attached hydrogens (primary N) is 1. The number of anilines is 2. The van der Waals surface area contributed by atoms with Crippen molar-refractivity contribution in [3.8, 4) is 0 Å². The average molecular weight is 460 g/mol. The van der Waals surface area contributed by atoms with Gasteiger partial charge in [0.15, 0.2) is 0 Å². The lowest BCUT2D eigenvalue weighted by Gasteiger charge is -2.38. The first-order valence-corrected chi connectivity index (χ1v) is 12.4. The number of ether oxygens (including phenoxy) is 1. The summed E-state index contributed by atoms with van der Waals surface area (Å²) in [6, 6.07) is 0. The number of aliphatic hydroxyl groups is 1. The molecule has 1 aliphatic carbocycles. The standard InChI is InChI=1S/C18H29N4O6PS/c1-10-6-4-5-7-18(10,2)14-15(20-17(19)21-16(14)24)22(3)13-8-11(12(9-23)27-13)28-29(25,26)30/h11-13,23H,1,4-9H2,2-3H3,(H2,25,26,30)(H3,19,20,21,24). The molecular weight excluding hydrogens is 431 g/mol. The highest BCUT2D eigenvalue weighted by molar-refractivity contribution is 8.06. The number of aromatic nitrogens is 2. The summed E-state index contributed by atoms with van der Waals surface area (Å²) >= 11 is 4.55. The van der Waals surface area contributed by atoms with Gasteiger partial charge in [-0.2, -0.15) is 4.98 Å². The minimum atomic E-state index is -3.94. The van der Waals surface area contributed by atoms with E-state index in [-0.39, 0.29) is 17.9 Å². The third-order valence-electron chi connectivity index (χ3n) is 6.06. The van der Waals surface area contributed by atoms with Crippen LogP contribution in [0.2, 0.25) is 0 Å². The van der Waals surface area contributed by atoms with Crippen LogP contribution in [0.3, 0.4) is 0 Å². The number of H-pyrrole nitrogens is 1. The number of hydrogen-bond acceptors (Lipinski definition) is 8. The number of allylic oxidation sites excluding steroid dienone is 1. The summed E-state index contributed by atoms with van der Waals surface area (Å²) in [4.78, 5) is 40.6. The van der Waals surface area contributed by atoms with Crippen LogP contribution in [0, 0.1) is 0 Å². The SMILES string of the molecule is C=C1CCCCC1(C)c1c(N(C)C2CC(OP(O)(O)=S)C(CO)O2)nc(N)[nH]c1=O. The van der Waals surface area contributed by atoms with E-state index in [9.17, 15) is 19.7 Å². The summed E-state index contributed by atoms with van der Waals surface area (Å²) in [6.07, 6.45) is 1.49. The zero-order valence-electron chi connectivity index (χ0n) is 17.1. The Morgan fingerprint density at radius 2 is 2.20 bits per heavy atom. The van der Waals surface area contributed by atoms with Gasteiger partial charge in [0.1, 0.15) is 18.1 Å². The first-order valence-electron chi connectivity index (χ1n) is 9.78. The van der Waals surface area contributed by atoms with Gasteiger partial charge in [-0.05, 0) is 31.1 Å². The van der Waals surface area contributed by atoms with Crippen LogP contribution in [0.25, 0.3) is 0 Å². The smallest absolute Gasteiger partial charge is 0.322 e. The number of nitrogens with zero attached hydrogens (tertiary/aromatic N) is 2. The summed E-state index contributed by atoms with van der Waals surface area (Å²) in [5.41, 5.74) is 6.36. The molecule has 10 nitrogen and oxygen atoms in total. The normalized spacial score (nSPS) is 29.9. The molecule has 6 N–H and O–H groups in total. The molecular formula is C18H29N4O6PS. The molecule has 0 amide bonds. The lowest BCUT2D eigenvalue weighted by atomic mass is 9.68. The van der Waals surface area contributed by atoms with E-state index >= 15 is 0 Å². The van der Waals surface area contributed by atoms with E-state index in [1.807, 2.05) is 6.92 Å². The number of aromatic amines is 1. The minimum absolute atomic E-state index is 0.0265. The van der Waals surface area contributed by atoms with Crippen molar-refractivity contribution < 1.29 is 24.2 Å². The predicted molar refractivity (Wildman–Crippen MR) is 117 cm³/mol. The van der Waals surface area contributed by atoms with Crippen LogP contribution < -0.4 is 16.2 Å². The molecule has 0 bridgehead atoms. The van der Waals surface area contributed by atoms with Crippen molar-refractivity contribution in [2.75, 3.05) is 24.3 Å². The van der Waals surface area contributed by atoms with Crippen LogP contribution in [-0.4, -0.2) is 57.0 Å². The van der Waals surface area contributed by atoms with Gasteiger partial charge in [-0.1, -0.05) is 25.5 Å². The fourth-order valence-electron chi connectivity index (χ4n) is 4.33. The van der Waals surface area contributed by atoms with Crippen LogP contribution >= 0.6 is 6.72 Å². The first-order chi connectivity index (χ1) is 14.0.